The summed E-state index contributed by atoms with van der Waals surface area (Å²) in [5.41, 5.74) is -0.835. The molecule has 2 saturated carbocycles. The first kappa shape index (κ1) is 13.6. The molecular formula is C16H22N2O2. The van der Waals surface area contributed by atoms with Crippen LogP contribution in [0.1, 0.15) is 58.3 Å². The van der Waals surface area contributed by atoms with Gasteiger partial charge in [-0.15, -0.1) is 0 Å². The second-order valence-corrected chi connectivity index (χ2v) is 6.67. The molecule has 1 saturated heterocycles. The van der Waals surface area contributed by atoms with E-state index >= 15 is 0 Å². The largest absolute Gasteiger partial charge is 0.274 e. The van der Waals surface area contributed by atoms with E-state index in [0.29, 0.717) is 18.8 Å². The van der Waals surface area contributed by atoms with Crippen LogP contribution in [0.5, 0.6) is 0 Å². The lowest BCUT2D eigenvalue weighted by atomic mass is 9.81. The fraction of sp³-hybridized carbons (Fsp3) is 0.812. The number of imide groups is 1. The summed E-state index contributed by atoms with van der Waals surface area (Å²) in [4.78, 5) is 26.7. The van der Waals surface area contributed by atoms with Crippen LogP contribution < -0.4 is 0 Å². The van der Waals surface area contributed by atoms with Crippen molar-refractivity contribution in [2.24, 2.45) is 17.8 Å². The zero-order valence-electron chi connectivity index (χ0n) is 12.1. The van der Waals surface area contributed by atoms with Crippen LogP contribution >= 0.6 is 0 Å². The molecule has 0 aromatic carbocycles. The van der Waals surface area contributed by atoms with Crippen molar-refractivity contribution in [2.75, 3.05) is 0 Å². The third kappa shape index (κ3) is 1.79. The molecule has 3 aliphatic rings. The van der Waals surface area contributed by atoms with Crippen LogP contribution in [0.25, 0.3) is 0 Å². The minimum atomic E-state index is -0.835. The van der Waals surface area contributed by atoms with Gasteiger partial charge in [-0.3, -0.25) is 14.5 Å². The van der Waals surface area contributed by atoms with Gasteiger partial charge < -0.3 is 0 Å². The normalized spacial score (nSPS) is 36.0. The monoisotopic (exact) mass is 274 g/mol. The molecule has 3 rings (SSSR count). The molecular weight excluding hydrogens is 252 g/mol. The third-order valence-electron chi connectivity index (χ3n) is 5.63. The smallest absolute Gasteiger partial charge is 0.234 e. The highest BCUT2D eigenvalue weighted by Gasteiger charge is 2.58. The Morgan fingerprint density at radius 1 is 1.15 bits per heavy atom. The molecule has 0 N–H and O–H groups in total. The number of fused-ring (bicyclic) bond motifs is 1. The van der Waals surface area contributed by atoms with Gasteiger partial charge in [0.15, 0.2) is 0 Å². The summed E-state index contributed by atoms with van der Waals surface area (Å²) in [5.74, 6) is 0.113. The maximum atomic E-state index is 12.7. The van der Waals surface area contributed by atoms with Gasteiger partial charge >= 0.3 is 0 Å². The van der Waals surface area contributed by atoms with Crippen LogP contribution in [0.3, 0.4) is 0 Å². The summed E-state index contributed by atoms with van der Waals surface area (Å²) in [7, 11) is 0. The zero-order chi connectivity index (χ0) is 14.3. The molecule has 3 fully saturated rings. The number of amides is 2. The number of rotatable bonds is 2. The number of carbonyl (C=O) groups excluding carboxylic acids is 2. The van der Waals surface area contributed by atoms with Crippen LogP contribution in [0.15, 0.2) is 0 Å². The maximum Gasteiger partial charge on any atom is 0.234 e. The van der Waals surface area contributed by atoms with Crippen molar-refractivity contribution in [1.82, 2.24) is 4.90 Å². The van der Waals surface area contributed by atoms with Gasteiger partial charge in [0.2, 0.25) is 11.8 Å². The Morgan fingerprint density at radius 3 is 2.15 bits per heavy atom. The van der Waals surface area contributed by atoms with Gasteiger partial charge in [0.05, 0.1) is 17.9 Å². The molecule has 1 aliphatic heterocycles. The Morgan fingerprint density at radius 2 is 1.70 bits per heavy atom. The van der Waals surface area contributed by atoms with Crippen molar-refractivity contribution >= 4 is 11.8 Å². The molecule has 1 heterocycles. The number of hydrogen-bond donors (Lipinski definition) is 0. The molecule has 4 heteroatoms. The van der Waals surface area contributed by atoms with Gasteiger partial charge in [-0.1, -0.05) is 32.6 Å². The van der Waals surface area contributed by atoms with E-state index < -0.39 is 5.54 Å². The average molecular weight is 274 g/mol. The van der Waals surface area contributed by atoms with E-state index in [1.165, 1.54) is 4.90 Å². The molecule has 0 aromatic rings. The fourth-order valence-corrected chi connectivity index (χ4v) is 4.41. The lowest BCUT2D eigenvalue weighted by Crippen LogP contribution is -2.52. The van der Waals surface area contributed by atoms with E-state index in [2.05, 4.69) is 13.0 Å². The fourth-order valence-electron chi connectivity index (χ4n) is 4.41. The SMILES string of the molecule is CCC1CC2C(=O)N(C3(C#N)CCCCC3)C(=O)C2C1. The molecule has 2 aliphatic carbocycles. The molecule has 20 heavy (non-hydrogen) atoms. The van der Waals surface area contributed by atoms with Crippen LogP contribution in [-0.4, -0.2) is 22.3 Å². The summed E-state index contributed by atoms with van der Waals surface area (Å²) in [6.45, 7) is 2.12. The first-order chi connectivity index (χ1) is 9.63. The summed E-state index contributed by atoms with van der Waals surface area (Å²) < 4.78 is 0. The highest BCUT2D eigenvalue weighted by molar-refractivity contribution is 6.06. The van der Waals surface area contributed by atoms with Crippen LogP contribution in [-0.2, 0) is 9.59 Å². The Balaban J connectivity index is 1.88. The Bertz CT molecular complexity index is 449. The molecule has 2 atom stereocenters. The standard InChI is InChI=1S/C16H22N2O2/c1-2-11-8-12-13(9-11)15(20)18(14(12)19)16(10-17)6-4-3-5-7-16/h11-13H,2-9H2,1H3. The highest BCUT2D eigenvalue weighted by atomic mass is 16.2. The summed E-state index contributed by atoms with van der Waals surface area (Å²) in [6.07, 6.45) is 7.03. The average Bonchev–Trinajstić information content (AvgIpc) is 3.00. The first-order valence-corrected chi connectivity index (χ1v) is 7.92. The number of nitrogens with zero attached hydrogens (tertiary/aromatic N) is 2. The summed E-state index contributed by atoms with van der Waals surface area (Å²) in [5, 5.41) is 9.60. The van der Waals surface area contributed by atoms with Crippen LogP contribution in [0.2, 0.25) is 0 Å². The topological polar surface area (TPSA) is 61.2 Å². The third-order valence-corrected chi connectivity index (χ3v) is 5.63. The van der Waals surface area contributed by atoms with E-state index in [9.17, 15) is 14.9 Å². The number of hydrogen-bond acceptors (Lipinski definition) is 3. The first-order valence-electron chi connectivity index (χ1n) is 7.92. The van der Waals surface area contributed by atoms with Crippen LogP contribution in [0, 0.1) is 29.1 Å². The van der Waals surface area contributed by atoms with Crippen molar-refractivity contribution in [3.05, 3.63) is 0 Å². The second-order valence-electron chi connectivity index (χ2n) is 6.67. The highest BCUT2D eigenvalue weighted by Crippen LogP contribution is 2.48. The van der Waals surface area contributed by atoms with E-state index in [-0.39, 0.29) is 23.7 Å². The van der Waals surface area contributed by atoms with E-state index in [1.54, 1.807) is 0 Å². The number of nitriles is 1. The molecule has 4 nitrogen and oxygen atoms in total. The van der Waals surface area contributed by atoms with Crippen molar-refractivity contribution < 1.29 is 9.59 Å². The lowest BCUT2D eigenvalue weighted by molar-refractivity contribution is -0.147. The molecule has 108 valence electrons. The van der Waals surface area contributed by atoms with Gasteiger partial charge in [0.1, 0.15) is 5.54 Å². The van der Waals surface area contributed by atoms with Gasteiger partial charge in [0.25, 0.3) is 0 Å². The van der Waals surface area contributed by atoms with Gasteiger partial charge in [-0.05, 0) is 31.6 Å². The number of carbonyl (C=O) groups is 2. The Labute approximate surface area is 120 Å². The summed E-state index contributed by atoms with van der Waals surface area (Å²) >= 11 is 0. The van der Waals surface area contributed by atoms with Gasteiger partial charge in [0, 0.05) is 0 Å². The Kier molecular flexibility index (Phi) is 3.32. The van der Waals surface area contributed by atoms with E-state index in [1.807, 2.05) is 0 Å². The maximum absolute atomic E-state index is 12.7. The number of likely N-dealkylation sites (tertiary alicyclic amines) is 1. The predicted molar refractivity (Wildman–Crippen MR) is 73.3 cm³/mol. The lowest BCUT2D eigenvalue weighted by Gasteiger charge is -2.38. The molecule has 0 bridgehead atoms. The Hall–Kier alpha value is -1.37. The van der Waals surface area contributed by atoms with Crippen molar-refractivity contribution in [2.45, 2.75) is 63.8 Å². The minimum Gasteiger partial charge on any atom is -0.274 e. The van der Waals surface area contributed by atoms with Crippen molar-refractivity contribution in [3.63, 3.8) is 0 Å². The van der Waals surface area contributed by atoms with Gasteiger partial charge in [-0.25, -0.2) is 0 Å². The van der Waals surface area contributed by atoms with Gasteiger partial charge in [-0.2, -0.15) is 5.26 Å². The predicted octanol–water partition coefficient (Wildman–Crippen LogP) is 2.63. The molecule has 2 unspecified atom stereocenters. The van der Waals surface area contributed by atoms with Crippen molar-refractivity contribution in [1.29, 1.82) is 5.26 Å². The molecule has 2 amide bonds. The second kappa shape index (κ2) is 4.87. The molecule has 0 aromatic heterocycles. The quantitative estimate of drug-likeness (QED) is 0.727. The van der Waals surface area contributed by atoms with E-state index in [0.717, 1.165) is 38.5 Å². The molecule has 0 spiro atoms. The summed E-state index contributed by atoms with van der Waals surface area (Å²) in [6, 6.07) is 2.32. The molecule has 0 radical (unpaired) electrons. The minimum absolute atomic E-state index is 0.0561. The van der Waals surface area contributed by atoms with E-state index in [4.69, 9.17) is 0 Å². The zero-order valence-corrected chi connectivity index (χ0v) is 12.1. The van der Waals surface area contributed by atoms with Crippen molar-refractivity contribution in [3.8, 4) is 6.07 Å². The van der Waals surface area contributed by atoms with Crippen LogP contribution in [0.4, 0.5) is 0 Å².